The van der Waals surface area contributed by atoms with Crippen LogP contribution in [0.1, 0.15) is 117 Å². The fraction of sp³-hybridized carbons (Fsp3) is 0.952. The topological polar surface area (TPSA) is 41.1 Å². The van der Waals surface area contributed by atoms with Crippen LogP contribution in [-0.4, -0.2) is 19.1 Å². The molecule has 0 aromatic carbocycles. The van der Waals surface area contributed by atoms with Crippen molar-refractivity contribution in [2.75, 3.05) is 13.1 Å². The molecule has 0 saturated heterocycles. The van der Waals surface area contributed by atoms with Crippen LogP contribution in [0, 0.1) is 0 Å². The standard InChI is InChI=1S/C21H44N2O/c1-3-5-6-7-8-9-10-11-12-13-14-15-16-17-18-19-20-23-21(24)22-4-2/h3-20H2,1-2H3,(H2,22,23,24). The summed E-state index contributed by atoms with van der Waals surface area (Å²) in [5.74, 6) is 0. The molecule has 2 N–H and O–H groups in total. The third kappa shape index (κ3) is 19.3. The number of amides is 2. The number of carbonyl (C=O) groups is 1. The Morgan fingerprint density at radius 1 is 0.542 bits per heavy atom. The highest BCUT2D eigenvalue weighted by Crippen LogP contribution is 2.13. The summed E-state index contributed by atoms with van der Waals surface area (Å²) in [5, 5.41) is 5.63. The normalized spacial score (nSPS) is 10.8. The lowest BCUT2D eigenvalue weighted by molar-refractivity contribution is 0.241. The first-order valence-corrected chi connectivity index (χ1v) is 10.8. The number of hydrogen-bond acceptors (Lipinski definition) is 1. The quantitative estimate of drug-likeness (QED) is 0.272. The number of carbonyl (C=O) groups excluding carboxylic acids is 1. The summed E-state index contributed by atoms with van der Waals surface area (Å²) in [6, 6.07) is -0.0292. The van der Waals surface area contributed by atoms with Crippen molar-refractivity contribution in [2.45, 2.75) is 117 Å². The van der Waals surface area contributed by atoms with Gasteiger partial charge in [-0.1, -0.05) is 103 Å². The molecule has 0 aliphatic carbocycles. The molecule has 0 aromatic rings. The molecule has 0 aromatic heterocycles. The van der Waals surface area contributed by atoms with E-state index in [0.29, 0.717) is 6.54 Å². The van der Waals surface area contributed by atoms with Gasteiger partial charge in [-0.2, -0.15) is 0 Å². The Bertz CT molecular complexity index is 256. The minimum Gasteiger partial charge on any atom is -0.338 e. The molecule has 24 heavy (non-hydrogen) atoms. The van der Waals surface area contributed by atoms with Crippen molar-refractivity contribution in [2.24, 2.45) is 0 Å². The minimum atomic E-state index is -0.0292. The van der Waals surface area contributed by atoms with Crippen LogP contribution in [-0.2, 0) is 0 Å². The zero-order valence-corrected chi connectivity index (χ0v) is 16.6. The van der Waals surface area contributed by atoms with E-state index in [9.17, 15) is 4.79 Å². The molecule has 0 fully saturated rings. The zero-order chi connectivity index (χ0) is 17.7. The van der Waals surface area contributed by atoms with E-state index >= 15 is 0 Å². The molecule has 0 bridgehead atoms. The third-order valence-corrected chi connectivity index (χ3v) is 4.65. The van der Waals surface area contributed by atoms with Gasteiger partial charge in [0, 0.05) is 13.1 Å². The van der Waals surface area contributed by atoms with Crippen LogP contribution in [0.5, 0.6) is 0 Å². The van der Waals surface area contributed by atoms with Gasteiger partial charge in [0.2, 0.25) is 0 Å². The number of unbranched alkanes of at least 4 members (excludes halogenated alkanes) is 15. The van der Waals surface area contributed by atoms with Gasteiger partial charge in [0.1, 0.15) is 0 Å². The molecule has 3 nitrogen and oxygen atoms in total. The monoisotopic (exact) mass is 340 g/mol. The molecule has 0 aliphatic heterocycles. The van der Waals surface area contributed by atoms with Gasteiger partial charge >= 0.3 is 6.03 Å². The Hall–Kier alpha value is -0.730. The van der Waals surface area contributed by atoms with Crippen LogP contribution in [0.25, 0.3) is 0 Å². The van der Waals surface area contributed by atoms with Crippen LogP contribution in [0.2, 0.25) is 0 Å². The lowest BCUT2D eigenvalue weighted by Crippen LogP contribution is -2.35. The summed E-state index contributed by atoms with van der Waals surface area (Å²) in [5.41, 5.74) is 0. The van der Waals surface area contributed by atoms with Crippen molar-refractivity contribution in [3.05, 3.63) is 0 Å². The highest BCUT2D eigenvalue weighted by molar-refractivity contribution is 5.73. The summed E-state index contributed by atoms with van der Waals surface area (Å²) in [4.78, 5) is 11.2. The van der Waals surface area contributed by atoms with E-state index in [1.165, 1.54) is 96.3 Å². The third-order valence-electron chi connectivity index (χ3n) is 4.65. The number of hydrogen-bond donors (Lipinski definition) is 2. The number of nitrogens with one attached hydrogen (secondary N) is 2. The summed E-state index contributed by atoms with van der Waals surface area (Å²) in [6.07, 6.45) is 22.2. The molecule has 0 atom stereocenters. The highest BCUT2D eigenvalue weighted by Gasteiger charge is 1.97. The van der Waals surface area contributed by atoms with Gasteiger partial charge in [-0.25, -0.2) is 4.79 Å². The van der Waals surface area contributed by atoms with Crippen molar-refractivity contribution in [1.29, 1.82) is 0 Å². The first kappa shape index (κ1) is 23.3. The molecular formula is C21H44N2O. The van der Waals surface area contributed by atoms with E-state index < -0.39 is 0 Å². The Kier molecular flexibility index (Phi) is 19.7. The lowest BCUT2D eigenvalue weighted by Gasteiger charge is -2.05. The van der Waals surface area contributed by atoms with Crippen molar-refractivity contribution in [3.8, 4) is 0 Å². The van der Waals surface area contributed by atoms with Gasteiger partial charge in [0.25, 0.3) is 0 Å². The Labute approximate surface area is 151 Å². The fourth-order valence-corrected chi connectivity index (χ4v) is 3.10. The van der Waals surface area contributed by atoms with Gasteiger partial charge in [-0.3, -0.25) is 0 Å². The van der Waals surface area contributed by atoms with Crippen LogP contribution < -0.4 is 10.6 Å². The maximum absolute atomic E-state index is 11.2. The van der Waals surface area contributed by atoms with Crippen LogP contribution in [0.15, 0.2) is 0 Å². The second kappa shape index (κ2) is 20.3. The summed E-state index contributed by atoms with van der Waals surface area (Å²) < 4.78 is 0. The maximum atomic E-state index is 11.2. The van der Waals surface area contributed by atoms with Crippen molar-refractivity contribution in [3.63, 3.8) is 0 Å². The molecular weight excluding hydrogens is 296 g/mol. The summed E-state index contributed by atoms with van der Waals surface area (Å²) in [6.45, 7) is 5.73. The molecule has 0 saturated carbocycles. The SMILES string of the molecule is CCCCCCCCCCCCCCCCCCNC(=O)NCC. The molecule has 0 spiro atoms. The Morgan fingerprint density at radius 2 is 0.917 bits per heavy atom. The predicted octanol–water partition coefficient (Wildman–Crippen LogP) is 6.57. The second-order valence-electron chi connectivity index (χ2n) is 7.09. The van der Waals surface area contributed by atoms with Crippen molar-refractivity contribution in [1.82, 2.24) is 10.6 Å². The molecule has 0 unspecified atom stereocenters. The average Bonchev–Trinajstić information content (AvgIpc) is 2.58. The maximum Gasteiger partial charge on any atom is 0.314 e. The van der Waals surface area contributed by atoms with Gasteiger partial charge in [0.15, 0.2) is 0 Å². The van der Waals surface area contributed by atoms with Gasteiger partial charge in [0.05, 0.1) is 0 Å². The van der Waals surface area contributed by atoms with E-state index in [1.54, 1.807) is 0 Å². The first-order chi connectivity index (χ1) is 11.8. The predicted molar refractivity (Wildman–Crippen MR) is 107 cm³/mol. The Morgan fingerprint density at radius 3 is 1.29 bits per heavy atom. The molecule has 0 radical (unpaired) electrons. The molecule has 3 heteroatoms. The summed E-state index contributed by atoms with van der Waals surface area (Å²) >= 11 is 0. The van der Waals surface area contributed by atoms with Crippen LogP contribution in [0.3, 0.4) is 0 Å². The van der Waals surface area contributed by atoms with E-state index in [1.807, 2.05) is 6.92 Å². The number of rotatable bonds is 18. The minimum absolute atomic E-state index is 0.0292. The molecule has 2 amide bonds. The molecule has 0 rings (SSSR count). The highest BCUT2D eigenvalue weighted by atomic mass is 16.2. The van der Waals surface area contributed by atoms with Crippen LogP contribution >= 0.6 is 0 Å². The molecule has 144 valence electrons. The van der Waals surface area contributed by atoms with Crippen molar-refractivity contribution < 1.29 is 4.79 Å². The summed E-state index contributed by atoms with van der Waals surface area (Å²) in [7, 11) is 0. The zero-order valence-electron chi connectivity index (χ0n) is 16.6. The van der Waals surface area contributed by atoms with Gasteiger partial charge in [-0.15, -0.1) is 0 Å². The molecule has 0 heterocycles. The largest absolute Gasteiger partial charge is 0.338 e. The van der Waals surface area contributed by atoms with E-state index in [4.69, 9.17) is 0 Å². The van der Waals surface area contributed by atoms with E-state index in [-0.39, 0.29) is 6.03 Å². The van der Waals surface area contributed by atoms with Gasteiger partial charge in [-0.05, 0) is 13.3 Å². The smallest absolute Gasteiger partial charge is 0.314 e. The van der Waals surface area contributed by atoms with Crippen LogP contribution in [0.4, 0.5) is 4.79 Å². The fourth-order valence-electron chi connectivity index (χ4n) is 3.10. The molecule has 0 aliphatic rings. The van der Waals surface area contributed by atoms with Crippen molar-refractivity contribution >= 4 is 6.03 Å². The lowest BCUT2D eigenvalue weighted by atomic mass is 10.0. The average molecular weight is 341 g/mol. The van der Waals surface area contributed by atoms with E-state index in [0.717, 1.165) is 13.0 Å². The van der Waals surface area contributed by atoms with Gasteiger partial charge < -0.3 is 10.6 Å². The van der Waals surface area contributed by atoms with E-state index in [2.05, 4.69) is 17.6 Å². The Balaban J connectivity index is 3.01. The number of urea groups is 1. The second-order valence-corrected chi connectivity index (χ2v) is 7.09. The first-order valence-electron chi connectivity index (χ1n) is 10.8.